The summed E-state index contributed by atoms with van der Waals surface area (Å²) < 4.78 is 6.28. The highest BCUT2D eigenvalue weighted by Crippen LogP contribution is 2.51. The van der Waals surface area contributed by atoms with E-state index in [9.17, 15) is 0 Å². The molecule has 7 rings (SSSR count). The molecule has 0 atom stereocenters. The topological polar surface area (TPSA) is 25.4 Å². The van der Waals surface area contributed by atoms with Gasteiger partial charge in [0.1, 0.15) is 7.85 Å². The standard InChI is InChI=1S/C34H23BN2O/c1-22-13-15-23(16-14-22)27-21-28(24-17-19-25(35)20-18-24)36-34-26(27)7-6-10-31(34)37-29-8-2-4-11-32(29)38-33-12-5-3-9-30(33)37/h2-21H,1H3. The fraction of sp³-hybridized carbons (Fsp3) is 0.0294. The largest absolute Gasteiger partial charge is 0.453 e. The molecule has 0 N–H and O–H groups in total. The number of rotatable bonds is 3. The van der Waals surface area contributed by atoms with Crippen LogP contribution >= 0.6 is 0 Å². The number of nitrogens with zero attached hydrogens (tertiary/aromatic N) is 2. The number of aryl methyl sites for hydroxylation is 1. The molecule has 3 nitrogen and oxygen atoms in total. The Kier molecular flexibility index (Phi) is 5.26. The Bertz CT molecular complexity index is 1770. The lowest BCUT2D eigenvalue weighted by molar-refractivity contribution is 0.477. The van der Waals surface area contributed by atoms with Gasteiger partial charge in [-0.3, -0.25) is 0 Å². The van der Waals surface area contributed by atoms with Crippen LogP contribution in [0.4, 0.5) is 17.1 Å². The molecule has 0 aliphatic carbocycles. The minimum Gasteiger partial charge on any atom is -0.453 e. The van der Waals surface area contributed by atoms with Crippen molar-refractivity contribution in [3.8, 4) is 33.9 Å². The lowest BCUT2D eigenvalue weighted by Gasteiger charge is -2.33. The average Bonchev–Trinajstić information content (AvgIpc) is 2.96. The molecule has 1 aliphatic heterocycles. The Morgan fingerprint density at radius 2 is 1.24 bits per heavy atom. The number of para-hydroxylation sites is 5. The second kappa shape index (κ2) is 8.93. The molecule has 0 saturated heterocycles. The van der Waals surface area contributed by atoms with Crippen molar-refractivity contribution in [1.82, 2.24) is 4.98 Å². The van der Waals surface area contributed by atoms with E-state index < -0.39 is 0 Å². The molecule has 0 bridgehead atoms. The normalized spacial score (nSPS) is 12.1. The lowest BCUT2D eigenvalue weighted by Crippen LogP contribution is -2.16. The first-order valence-corrected chi connectivity index (χ1v) is 12.7. The summed E-state index contributed by atoms with van der Waals surface area (Å²) in [4.78, 5) is 7.54. The highest BCUT2D eigenvalue weighted by molar-refractivity contribution is 6.32. The van der Waals surface area contributed by atoms with Gasteiger partial charge >= 0.3 is 0 Å². The van der Waals surface area contributed by atoms with Crippen LogP contribution in [-0.2, 0) is 0 Å². The highest BCUT2D eigenvalue weighted by Gasteiger charge is 2.27. The second-order valence-electron chi connectivity index (χ2n) is 9.59. The van der Waals surface area contributed by atoms with Gasteiger partial charge in [-0.1, -0.05) is 96.0 Å². The Labute approximate surface area is 223 Å². The summed E-state index contributed by atoms with van der Waals surface area (Å²) >= 11 is 0. The van der Waals surface area contributed by atoms with E-state index in [1.54, 1.807) is 0 Å². The maximum absolute atomic E-state index is 6.28. The van der Waals surface area contributed by atoms with Crippen LogP contribution in [0, 0.1) is 6.92 Å². The molecule has 1 aliphatic rings. The van der Waals surface area contributed by atoms with E-state index in [1.807, 2.05) is 60.7 Å². The zero-order valence-electron chi connectivity index (χ0n) is 20.9. The van der Waals surface area contributed by atoms with E-state index in [1.165, 1.54) is 5.56 Å². The zero-order chi connectivity index (χ0) is 25.6. The Hall–Kier alpha value is -4.83. The van der Waals surface area contributed by atoms with Gasteiger partial charge < -0.3 is 9.64 Å². The predicted molar refractivity (Wildman–Crippen MR) is 157 cm³/mol. The number of benzene rings is 5. The molecule has 38 heavy (non-hydrogen) atoms. The van der Waals surface area contributed by atoms with Crippen molar-refractivity contribution < 1.29 is 4.74 Å². The summed E-state index contributed by atoms with van der Waals surface area (Å²) in [5, 5.41) is 1.09. The van der Waals surface area contributed by atoms with Crippen LogP contribution in [0.15, 0.2) is 121 Å². The number of fused-ring (bicyclic) bond motifs is 3. The molecule has 0 saturated carbocycles. The number of hydrogen-bond donors (Lipinski definition) is 0. The van der Waals surface area contributed by atoms with Crippen molar-refractivity contribution >= 4 is 41.3 Å². The molecular formula is C34H23BN2O. The van der Waals surface area contributed by atoms with Crippen LogP contribution < -0.4 is 15.1 Å². The maximum atomic E-state index is 6.28. The van der Waals surface area contributed by atoms with E-state index in [0.29, 0.717) is 0 Å². The van der Waals surface area contributed by atoms with Gasteiger partial charge in [-0.15, -0.1) is 0 Å². The van der Waals surface area contributed by atoms with Crippen molar-refractivity contribution in [2.75, 3.05) is 4.90 Å². The molecule has 1 aromatic heterocycles. The first kappa shape index (κ1) is 22.4. The van der Waals surface area contributed by atoms with E-state index in [4.69, 9.17) is 17.6 Å². The van der Waals surface area contributed by atoms with Crippen LogP contribution in [0.1, 0.15) is 5.56 Å². The Morgan fingerprint density at radius 3 is 1.92 bits per heavy atom. The fourth-order valence-corrected chi connectivity index (χ4v) is 5.15. The van der Waals surface area contributed by atoms with Gasteiger partial charge in [0.2, 0.25) is 0 Å². The maximum Gasteiger partial charge on any atom is 0.151 e. The van der Waals surface area contributed by atoms with Gasteiger partial charge in [0.25, 0.3) is 0 Å². The second-order valence-corrected chi connectivity index (χ2v) is 9.59. The van der Waals surface area contributed by atoms with Gasteiger partial charge in [-0.2, -0.15) is 0 Å². The number of pyridine rings is 1. The smallest absolute Gasteiger partial charge is 0.151 e. The molecule has 0 amide bonds. The highest BCUT2D eigenvalue weighted by atomic mass is 16.5. The predicted octanol–water partition coefficient (Wildman–Crippen LogP) is 8.25. The molecule has 4 heteroatoms. The minimum atomic E-state index is 0.732. The van der Waals surface area contributed by atoms with E-state index in [0.717, 1.165) is 67.3 Å². The van der Waals surface area contributed by atoms with Gasteiger partial charge in [0, 0.05) is 10.9 Å². The molecule has 0 fully saturated rings. The zero-order valence-corrected chi connectivity index (χ0v) is 20.9. The van der Waals surface area contributed by atoms with Crippen LogP contribution in [0.5, 0.6) is 11.5 Å². The average molecular weight is 486 g/mol. The number of ether oxygens (including phenoxy) is 1. The van der Waals surface area contributed by atoms with E-state index in [2.05, 4.69) is 72.5 Å². The van der Waals surface area contributed by atoms with Crippen molar-refractivity contribution in [2.24, 2.45) is 0 Å². The van der Waals surface area contributed by atoms with Crippen molar-refractivity contribution in [3.63, 3.8) is 0 Å². The monoisotopic (exact) mass is 486 g/mol. The number of hydrogen-bond acceptors (Lipinski definition) is 3. The summed E-state index contributed by atoms with van der Waals surface area (Å²) in [5.41, 5.74) is 10.1. The third kappa shape index (κ3) is 3.74. The first-order chi connectivity index (χ1) is 18.7. The van der Waals surface area contributed by atoms with Gasteiger partial charge in [0.05, 0.1) is 28.3 Å². The molecule has 0 spiro atoms. The fourth-order valence-electron chi connectivity index (χ4n) is 5.15. The summed E-state index contributed by atoms with van der Waals surface area (Å²) in [6.07, 6.45) is 0. The van der Waals surface area contributed by atoms with Crippen LogP contribution in [-0.4, -0.2) is 12.8 Å². The number of anilines is 3. The third-order valence-corrected chi connectivity index (χ3v) is 7.06. The van der Waals surface area contributed by atoms with Crippen LogP contribution in [0.2, 0.25) is 0 Å². The van der Waals surface area contributed by atoms with Crippen molar-refractivity contribution in [2.45, 2.75) is 6.92 Å². The van der Waals surface area contributed by atoms with Crippen LogP contribution in [0.3, 0.4) is 0 Å². The molecule has 0 unspecified atom stereocenters. The molecule has 6 aromatic rings. The summed E-state index contributed by atoms with van der Waals surface area (Å²) in [7, 11) is 6.00. The molecule has 178 valence electrons. The molecule has 2 radical (unpaired) electrons. The molecular weight excluding hydrogens is 463 g/mol. The summed E-state index contributed by atoms with van der Waals surface area (Å²) in [6, 6.07) is 41.5. The van der Waals surface area contributed by atoms with Gasteiger partial charge in [0.15, 0.2) is 11.5 Å². The first-order valence-electron chi connectivity index (χ1n) is 12.7. The lowest BCUT2D eigenvalue weighted by atomic mass is 9.93. The van der Waals surface area contributed by atoms with Crippen LogP contribution in [0.25, 0.3) is 33.3 Å². The third-order valence-electron chi connectivity index (χ3n) is 7.06. The van der Waals surface area contributed by atoms with Gasteiger partial charge in [-0.25, -0.2) is 4.98 Å². The van der Waals surface area contributed by atoms with Crippen molar-refractivity contribution in [1.29, 1.82) is 0 Å². The van der Waals surface area contributed by atoms with E-state index >= 15 is 0 Å². The number of aromatic nitrogens is 1. The SMILES string of the molecule is [B]c1ccc(-c2cc(-c3ccc(C)cc3)c3cccc(N4c5ccccc5Oc5ccccc54)c3n2)cc1. The van der Waals surface area contributed by atoms with Crippen molar-refractivity contribution in [3.05, 3.63) is 127 Å². The van der Waals surface area contributed by atoms with Gasteiger partial charge in [-0.05, 0) is 54.4 Å². The Balaban J connectivity index is 1.54. The Morgan fingerprint density at radius 1 is 0.632 bits per heavy atom. The summed E-state index contributed by atoms with van der Waals surface area (Å²) in [5.74, 6) is 1.63. The summed E-state index contributed by atoms with van der Waals surface area (Å²) in [6.45, 7) is 2.11. The minimum absolute atomic E-state index is 0.732. The quantitative estimate of drug-likeness (QED) is 0.235. The molecule has 2 heterocycles. The molecule has 5 aromatic carbocycles. The van der Waals surface area contributed by atoms with E-state index in [-0.39, 0.29) is 0 Å².